The first-order valence-corrected chi connectivity index (χ1v) is 14.8. The molecule has 2 N–H and O–H groups in total. The largest absolute Gasteiger partial charge is 0.474 e. The number of carbonyl (C=O) groups excluding carboxylic acids is 1. The number of aliphatic hydroxyl groups is 1. The maximum absolute atomic E-state index is 13.3. The number of nitrogens with zero attached hydrogens (tertiary/aromatic N) is 3. The van der Waals surface area contributed by atoms with Gasteiger partial charge < -0.3 is 19.6 Å². The van der Waals surface area contributed by atoms with Gasteiger partial charge in [-0.25, -0.2) is 9.71 Å². The number of β-amino-alcohol motifs (C(OH)–C–C–N with tert-alkyl or cyclic N) is 1. The second-order valence-corrected chi connectivity index (χ2v) is 12.8. The third-order valence-electron chi connectivity index (χ3n) is 8.01. The summed E-state index contributed by atoms with van der Waals surface area (Å²) in [5.74, 6) is 1.46. The summed E-state index contributed by atoms with van der Waals surface area (Å²) in [5.41, 5.74) is -0.439. The third kappa shape index (κ3) is 4.86. The number of ether oxygens (including phenoxy) is 1. The van der Waals surface area contributed by atoms with Gasteiger partial charge in [0.25, 0.3) is 15.9 Å². The number of rotatable bonds is 7. The van der Waals surface area contributed by atoms with Gasteiger partial charge in [0.05, 0.1) is 16.8 Å². The third-order valence-corrected chi connectivity index (χ3v) is 9.54. The van der Waals surface area contributed by atoms with Gasteiger partial charge >= 0.3 is 0 Å². The van der Waals surface area contributed by atoms with Gasteiger partial charge in [-0.3, -0.25) is 4.79 Å². The Labute approximate surface area is 221 Å². The van der Waals surface area contributed by atoms with Crippen LogP contribution < -0.4 is 19.3 Å². The first kappa shape index (κ1) is 24.8. The topological polar surface area (TPSA) is 112 Å². The molecular weight excluding hydrogens is 516 g/mol. The molecule has 2 aromatic rings. The van der Waals surface area contributed by atoms with Crippen LogP contribution in [0.25, 0.3) is 0 Å². The van der Waals surface area contributed by atoms with E-state index < -0.39 is 27.6 Å². The molecule has 198 valence electrons. The van der Waals surface area contributed by atoms with Gasteiger partial charge in [0.15, 0.2) is 16.4 Å². The Kier molecular flexibility index (Phi) is 6.24. The fraction of sp³-hybridized carbons (Fsp3) is 0.538. The molecule has 6 rings (SSSR count). The van der Waals surface area contributed by atoms with Gasteiger partial charge in [0.2, 0.25) is 0 Å². The summed E-state index contributed by atoms with van der Waals surface area (Å²) in [4.78, 5) is 21.6. The van der Waals surface area contributed by atoms with Crippen LogP contribution in [-0.2, 0) is 14.8 Å². The minimum Gasteiger partial charge on any atom is -0.474 e. The Morgan fingerprint density at radius 1 is 1.05 bits per heavy atom. The molecule has 2 bridgehead atoms. The number of piperidine rings is 1. The Bertz CT molecular complexity index is 1310. The van der Waals surface area contributed by atoms with E-state index in [9.17, 15) is 18.3 Å². The lowest BCUT2D eigenvalue weighted by atomic mass is 9.98. The van der Waals surface area contributed by atoms with Gasteiger partial charge in [-0.15, -0.1) is 0 Å². The molecule has 2 aliphatic carbocycles. The Morgan fingerprint density at radius 2 is 1.78 bits per heavy atom. The summed E-state index contributed by atoms with van der Waals surface area (Å²) in [6, 6.07) is 10.2. The van der Waals surface area contributed by atoms with Gasteiger partial charge in [0, 0.05) is 39.0 Å². The zero-order chi connectivity index (χ0) is 25.8. The molecule has 0 spiro atoms. The number of nitrogens with one attached hydrogen (secondary N) is 1. The van der Waals surface area contributed by atoms with E-state index in [2.05, 4.69) is 14.6 Å². The molecule has 2 aliphatic heterocycles. The number of aromatic nitrogens is 1. The van der Waals surface area contributed by atoms with Gasteiger partial charge in [-0.05, 0) is 61.8 Å². The normalized spacial score (nSPS) is 26.3. The van der Waals surface area contributed by atoms with E-state index >= 15 is 0 Å². The first-order valence-electron chi connectivity index (χ1n) is 12.9. The second-order valence-electron chi connectivity index (χ2n) is 10.8. The van der Waals surface area contributed by atoms with E-state index in [1.807, 2.05) is 17.0 Å². The average molecular weight is 547 g/mol. The lowest BCUT2D eigenvalue weighted by Gasteiger charge is -2.35. The molecule has 9 nitrogen and oxygen atoms in total. The molecular formula is C26H31ClN4O5S. The van der Waals surface area contributed by atoms with E-state index in [4.69, 9.17) is 16.3 Å². The lowest BCUT2D eigenvalue weighted by molar-refractivity contribution is -0.127. The van der Waals surface area contributed by atoms with E-state index in [-0.39, 0.29) is 5.03 Å². The molecule has 4 fully saturated rings. The molecule has 1 amide bonds. The average Bonchev–Trinajstić information content (AvgIpc) is 3.42. The number of fused-ring (bicyclic) bond motifs is 2. The van der Waals surface area contributed by atoms with Gasteiger partial charge in [-0.2, -0.15) is 8.42 Å². The molecule has 1 aromatic carbocycles. The van der Waals surface area contributed by atoms with E-state index in [1.165, 1.54) is 25.3 Å². The molecule has 37 heavy (non-hydrogen) atoms. The van der Waals surface area contributed by atoms with Crippen molar-refractivity contribution in [1.29, 1.82) is 0 Å². The van der Waals surface area contributed by atoms with Crippen molar-refractivity contribution in [3.05, 3.63) is 41.4 Å². The Hall–Kier alpha value is -2.56. The Balaban J connectivity index is 1.20. The maximum Gasteiger partial charge on any atom is 0.281 e. The number of carbonyl (C=O) groups is 1. The fourth-order valence-corrected chi connectivity index (χ4v) is 7.10. The SMILES string of the molecule is O=C(NS(=O)(=O)c1cccc(N2CCC(O)C2)n1)C1(Oc2c(Cl)cccc2N2CC3CCC(C3)C2)CC1. The summed E-state index contributed by atoms with van der Waals surface area (Å²) in [5, 5.41) is 9.96. The smallest absolute Gasteiger partial charge is 0.281 e. The highest BCUT2D eigenvalue weighted by Gasteiger charge is 2.55. The van der Waals surface area contributed by atoms with Crippen LogP contribution in [0.3, 0.4) is 0 Å². The highest BCUT2D eigenvalue weighted by atomic mass is 35.5. The van der Waals surface area contributed by atoms with Crippen LogP contribution in [-0.4, -0.2) is 62.3 Å². The number of hydrogen-bond donors (Lipinski definition) is 2. The van der Waals surface area contributed by atoms with Gasteiger partial charge in [0.1, 0.15) is 5.82 Å². The van der Waals surface area contributed by atoms with Crippen LogP contribution in [0.15, 0.2) is 41.4 Å². The Morgan fingerprint density at radius 3 is 2.46 bits per heavy atom. The zero-order valence-electron chi connectivity index (χ0n) is 20.5. The van der Waals surface area contributed by atoms with Gasteiger partial charge in [-0.1, -0.05) is 23.7 Å². The van der Waals surface area contributed by atoms with Crippen molar-refractivity contribution in [3.8, 4) is 5.75 Å². The summed E-state index contributed by atoms with van der Waals surface area (Å²) in [7, 11) is -4.23. The predicted octanol–water partition coefficient (Wildman–Crippen LogP) is 2.96. The van der Waals surface area contributed by atoms with Crippen molar-refractivity contribution in [2.24, 2.45) is 11.8 Å². The zero-order valence-corrected chi connectivity index (χ0v) is 22.0. The molecule has 1 aromatic heterocycles. The van der Waals surface area contributed by atoms with Crippen LogP contribution in [0.5, 0.6) is 5.75 Å². The monoisotopic (exact) mass is 546 g/mol. The molecule has 11 heteroatoms. The van der Waals surface area contributed by atoms with Crippen LogP contribution in [0.2, 0.25) is 5.02 Å². The first-order chi connectivity index (χ1) is 17.7. The van der Waals surface area contributed by atoms with Crippen molar-refractivity contribution in [2.75, 3.05) is 36.0 Å². The lowest BCUT2D eigenvalue weighted by Crippen LogP contribution is -2.44. The molecule has 3 heterocycles. The summed E-state index contributed by atoms with van der Waals surface area (Å²) < 4.78 is 34.7. The number of aliphatic hydroxyl groups excluding tert-OH is 1. The predicted molar refractivity (Wildman–Crippen MR) is 139 cm³/mol. The molecule has 2 saturated carbocycles. The minimum absolute atomic E-state index is 0.252. The van der Waals surface area contributed by atoms with Crippen LogP contribution >= 0.6 is 11.6 Å². The maximum atomic E-state index is 13.3. The van der Waals surface area contributed by atoms with Crippen molar-refractivity contribution in [2.45, 2.75) is 55.3 Å². The number of sulfonamides is 1. The quantitative estimate of drug-likeness (QED) is 0.545. The number of amides is 1. The number of pyridine rings is 1. The highest BCUT2D eigenvalue weighted by molar-refractivity contribution is 7.90. The molecule has 3 unspecified atom stereocenters. The van der Waals surface area contributed by atoms with Crippen LogP contribution in [0.1, 0.15) is 38.5 Å². The highest BCUT2D eigenvalue weighted by Crippen LogP contribution is 2.48. The fourth-order valence-electron chi connectivity index (χ4n) is 5.88. The summed E-state index contributed by atoms with van der Waals surface area (Å²) >= 11 is 6.56. The summed E-state index contributed by atoms with van der Waals surface area (Å²) in [6.07, 6.45) is 4.63. The number of hydrogen-bond acceptors (Lipinski definition) is 8. The number of anilines is 2. The minimum atomic E-state index is -4.23. The molecule has 0 radical (unpaired) electrons. The van der Waals surface area contributed by atoms with Crippen molar-refractivity contribution in [1.82, 2.24) is 9.71 Å². The molecule has 3 atom stereocenters. The standard InChI is InChI=1S/C26H31ClN4O5S/c27-20-3-1-4-21(31-14-17-7-8-18(13-17)15-31)24(20)36-26(10-11-26)25(33)29-37(34,35)23-6-2-5-22(28-23)30-12-9-19(32)16-30/h1-6,17-19,32H,7-16H2,(H,29,33). The summed E-state index contributed by atoms with van der Waals surface area (Å²) in [6.45, 7) is 2.83. The number of benzene rings is 1. The van der Waals surface area contributed by atoms with E-state index in [0.717, 1.165) is 18.8 Å². The molecule has 2 saturated heterocycles. The van der Waals surface area contributed by atoms with Crippen molar-refractivity contribution >= 4 is 39.0 Å². The van der Waals surface area contributed by atoms with Crippen molar-refractivity contribution in [3.63, 3.8) is 0 Å². The van der Waals surface area contributed by atoms with Crippen LogP contribution in [0, 0.1) is 11.8 Å². The van der Waals surface area contributed by atoms with E-state index in [1.54, 1.807) is 18.2 Å². The second kappa shape index (κ2) is 9.32. The molecule has 4 aliphatic rings. The van der Waals surface area contributed by atoms with E-state index in [0.29, 0.717) is 60.8 Å². The number of halogens is 1. The number of para-hydroxylation sites is 1. The van der Waals surface area contributed by atoms with Crippen LogP contribution in [0.4, 0.5) is 11.5 Å². The van der Waals surface area contributed by atoms with Crippen molar-refractivity contribution < 1.29 is 23.1 Å².